The Labute approximate surface area is 75.2 Å². The molecule has 0 aliphatic heterocycles. The van der Waals surface area contributed by atoms with Crippen molar-refractivity contribution >= 4 is 29.1 Å². The van der Waals surface area contributed by atoms with Crippen LogP contribution in [-0.4, -0.2) is 11.0 Å². The second-order valence-electron chi connectivity index (χ2n) is 2.03. The van der Waals surface area contributed by atoms with Crippen molar-refractivity contribution in [2.45, 2.75) is 18.6 Å². The Morgan fingerprint density at radius 1 is 1.91 bits per heavy atom. The summed E-state index contributed by atoms with van der Waals surface area (Å²) in [7, 11) is 0. The Hall–Kier alpha value is -0.460. The van der Waals surface area contributed by atoms with Crippen LogP contribution in [-0.2, 0) is 4.79 Å². The molecule has 2 nitrogen and oxygen atoms in total. The molecule has 1 atom stereocenters. The highest BCUT2D eigenvalue weighted by molar-refractivity contribution is 8.04. The molecule has 0 rings (SSSR count). The summed E-state index contributed by atoms with van der Waals surface area (Å²) in [5, 5.41) is 10.2. The molecule has 0 radical (unpaired) electrons. The lowest BCUT2D eigenvalue weighted by Gasteiger charge is -2.05. The first kappa shape index (κ1) is 10.5. The van der Waals surface area contributed by atoms with E-state index in [2.05, 4.69) is 6.58 Å². The SMILES string of the molecule is C=C(Cl)CC(SC#N)C(C)=O. The smallest absolute Gasteiger partial charge is 0.144 e. The number of nitriles is 1. The molecule has 0 saturated heterocycles. The lowest BCUT2D eigenvalue weighted by atomic mass is 10.2. The molecule has 0 N–H and O–H groups in total. The average Bonchev–Trinajstić information content (AvgIpc) is 1.86. The summed E-state index contributed by atoms with van der Waals surface area (Å²) in [6.07, 6.45) is 0.370. The number of ketones is 1. The van der Waals surface area contributed by atoms with Gasteiger partial charge in [0.2, 0.25) is 0 Å². The molecular weight excluding hydrogens is 182 g/mol. The zero-order valence-electron chi connectivity index (χ0n) is 6.13. The fraction of sp³-hybridized carbons (Fsp3) is 0.429. The fourth-order valence-electron chi connectivity index (χ4n) is 0.533. The molecule has 0 heterocycles. The number of carbonyl (C=O) groups is 1. The summed E-state index contributed by atoms with van der Waals surface area (Å²) >= 11 is 6.41. The number of Topliss-reactive ketones (excluding diaryl/α,β-unsaturated/α-hetero) is 1. The lowest BCUT2D eigenvalue weighted by molar-refractivity contribution is -0.116. The third-order valence-corrected chi connectivity index (χ3v) is 2.10. The second-order valence-corrected chi connectivity index (χ2v) is 3.55. The summed E-state index contributed by atoms with van der Waals surface area (Å²) in [5.74, 6) is -0.0432. The molecule has 0 aromatic rings. The van der Waals surface area contributed by atoms with Gasteiger partial charge in [0, 0.05) is 11.5 Å². The molecule has 0 aliphatic rings. The number of carbonyl (C=O) groups excluding carboxylic acids is 1. The molecule has 0 fully saturated rings. The predicted octanol–water partition coefficient (Wildman–Crippen LogP) is 2.30. The molecule has 0 aliphatic carbocycles. The molecule has 0 amide bonds. The Morgan fingerprint density at radius 3 is 2.73 bits per heavy atom. The number of halogens is 1. The zero-order chi connectivity index (χ0) is 8.85. The van der Waals surface area contributed by atoms with E-state index in [1.165, 1.54) is 6.92 Å². The molecular formula is C7H8ClNOS. The maximum Gasteiger partial charge on any atom is 0.144 e. The molecule has 0 saturated carbocycles. The highest BCUT2D eigenvalue weighted by Gasteiger charge is 2.14. The minimum absolute atomic E-state index is 0.0432. The van der Waals surface area contributed by atoms with Crippen LogP contribution in [0.25, 0.3) is 0 Å². The van der Waals surface area contributed by atoms with E-state index in [0.29, 0.717) is 11.5 Å². The van der Waals surface area contributed by atoms with Gasteiger partial charge in [0.05, 0.1) is 5.25 Å². The highest BCUT2D eigenvalue weighted by Crippen LogP contribution is 2.19. The van der Waals surface area contributed by atoms with Gasteiger partial charge in [0.1, 0.15) is 11.2 Å². The van der Waals surface area contributed by atoms with Crippen LogP contribution in [0.2, 0.25) is 0 Å². The van der Waals surface area contributed by atoms with E-state index < -0.39 is 0 Å². The van der Waals surface area contributed by atoms with E-state index >= 15 is 0 Å². The lowest BCUT2D eigenvalue weighted by Crippen LogP contribution is -2.12. The summed E-state index contributed by atoms with van der Waals surface area (Å²) in [6.45, 7) is 4.89. The standard InChI is InChI=1S/C7H8ClNOS/c1-5(8)3-7(6(2)10)11-4-9/h7H,1,3H2,2H3. The van der Waals surface area contributed by atoms with Crippen LogP contribution >= 0.6 is 23.4 Å². The number of hydrogen-bond acceptors (Lipinski definition) is 3. The summed E-state index contributed by atoms with van der Waals surface area (Å²) in [4.78, 5) is 10.8. The van der Waals surface area contributed by atoms with Gasteiger partial charge < -0.3 is 0 Å². The van der Waals surface area contributed by atoms with Crippen LogP contribution in [0.4, 0.5) is 0 Å². The van der Waals surface area contributed by atoms with Gasteiger partial charge in [0.25, 0.3) is 0 Å². The molecule has 4 heteroatoms. The monoisotopic (exact) mass is 189 g/mol. The molecule has 1 unspecified atom stereocenters. The maximum absolute atomic E-state index is 10.8. The van der Waals surface area contributed by atoms with Crippen molar-refractivity contribution in [2.24, 2.45) is 0 Å². The van der Waals surface area contributed by atoms with Crippen molar-refractivity contribution in [3.63, 3.8) is 0 Å². The van der Waals surface area contributed by atoms with E-state index in [1.807, 2.05) is 5.40 Å². The fourth-order valence-corrected chi connectivity index (χ4v) is 1.36. The first-order chi connectivity index (χ1) is 5.07. The third kappa shape index (κ3) is 4.88. The van der Waals surface area contributed by atoms with Gasteiger partial charge in [-0.05, 0) is 18.7 Å². The van der Waals surface area contributed by atoms with E-state index in [4.69, 9.17) is 16.9 Å². The normalized spacial score (nSPS) is 11.7. The third-order valence-electron chi connectivity index (χ3n) is 1.06. The minimum atomic E-state index is -0.356. The van der Waals surface area contributed by atoms with Crippen molar-refractivity contribution in [3.05, 3.63) is 11.6 Å². The van der Waals surface area contributed by atoms with Gasteiger partial charge >= 0.3 is 0 Å². The van der Waals surface area contributed by atoms with Crippen molar-refractivity contribution in [1.29, 1.82) is 5.26 Å². The van der Waals surface area contributed by atoms with Gasteiger partial charge in [-0.2, -0.15) is 5.26 Å². The number of hydrogen-bond donors (Lipinski definition) is 0. The summed E-state index contributed by atoms with van der Waals surface area (Å²) in [6, 6.07) is 0. The van der Waals surface area contributed by atoms with Gasteiger partial charge in [-0.25, -0.2) is 0 Å². The Bertz CT molecular complexity index is 209. The van der Waals surface area contributed by atoms with Crippen LogP contribution in [0.5, 0.6) is 0 Å². The van der Waals surface area contributed by atoms with E-state index in [1.54, 1.807) is 0 Å². The van der Waals surface area contributed by atoms with Gasteiger partial charge in [-0.3, -0.25) is 4.79 Å². The van der Waals surface area contributed by atoms with Crippen molar-refractivity contribution in [3.8, 4) is 5.40 Å². The average molecular weight is 190 g/mol. The highest BCUT2D eigenvalue weighted by atomic mass is 35.5. The molecule has 11 heavy (non-hydrogen) atoms. The molecule has 0 bridgehead atoms. The van der Waals surface area contributed by atoms with Crippen molar-refractivity contribution in [1.82, 2.24) is 0 Å². The predicted molar refractivity (Wildman–Crippen MR) is 47.3 cm³/mol. The van der Waals surface area contributed by atoms with E-state index in [0.717, 1.165) is 11.8 Å². The van der Waals surface area contributed by atoms with Gasteiger partial charge in [-0.1, -0.05) is 18.2 Å². The minimum Gasteiger partial charge on any atom is -0.299 e. The Kier molecular flexibility index (Phi) is 5.01. The Morgan fingerprint density at radius 2 is 2.45 bits per heavy atom. The number of thioether (sulfide) groups is 1. The number of rotatable bonds is 4. The second kappa shape index (κ2) is 5.22. The molecule has 0 aromatic carbocycles. The zero-order valence-corrected chi connectivity index (χ0v) is 7.71. The van der Waals surface area contributed by atoms with Gasteiger partial charge in [-0.15, -0.1) is 0 Å². The number of allylic oxidation sites excluding steroid dienone is 1. The summed E-state index contributed by atoms with van der Waals surface area (Å²) in [5.41, 5.74) is 0. The first-order valence-corrected chi connectivity index (χ1v) is 4.22. The van der Waals surface area contributed by atoms with Crippen molar-refractivity contribution in [2.75, 3.05) is 0 Å². The van der Waals surface area contributed by atoms with Crippen LogP contribution in [0.15, 0.2) is 11.6 Å². The summed E-state index contributed by atoms with van der Waals surface area (Å²) < 4.78 is 0. The Balaban J connectivity index is 4.02. The van der Waals surface area contributed by atoms with Crippen LogP contribution in [0.1, 0.15) is 13.3 Å². The van der Waals surface area contributed by atoms with Crippen LogP contribution in [0.3, 0.4) is 0 Å². The number of thiocyanates is 1. The van der Waals surface area contributed by atoms with Gasteiger partial charge in [0.15, 0.2) is 0 Å². The first-order valence-electron chi connectivity index (χ1n) is 2.96. The molecule has 0 spiro atoms. The van der Waals surface area contributed by atoms with E-state index in [9.17, 15) is 4.79 Å². The molecule has 60 valence electrons. The van der Waals surface area contributed by atoms with Crippen LogP contribution < -0.4 is 0 Å². The molecule has 0 aromatic heterocycles. The van der Waals surface area contributed by atoms with Crippen molar-refractivity contribution < 1.29 is 4.79 Å². The quantitative estimate of drug-likeness (QED) is 0.638. The van der Waals surface area contributed by atoms with Crippen LogP contribution in [0, 0.1) is 10.7 Å². The topological polar surface area (TPSA) is 40.9 Å². The maximum atomic E-state index is 10.8. The largest absolute Gasteiger partial charge is 0.299 e. The van der Waals surface area contributed by atoms with E-state index in [-0.39, 0.29) is 11.0 Å². The number of nitrogens with zero attached hydrogens (tertiary/aromatic N) is 1.